The zero-order valence-electron chi connectivity index (χ0n) is 22.9. The van der Waals surface area contributed by atoms with Gasteiger partial charge in [-0.2, -0.15) is 0 Å². The van der Waals surface area contributed by atoms with Crippen LogP contribution in [-0.2, 0) is 33.6 Å². The van der Waals surface area contributed by atoms with Crippen LogP contribution in [0.5, 0.6) is 0 Å². The average molecular weight is 548 g/mol. The van der Waals surface area contributed by atoms with E-state index in [9.17, 15) is 19.5 Å². The van der Waals surface area contributed by atoms with Gasteiger partial charge in [-0.3, -0.25) is 9.59 Å². The van der Waals surface area contributed by atoms with Crippen LogP contribution in [0.3, 0.4) is 0 Å². The molecule has 0 aliphatic carbocycles. The molecule has 3 aromatic rings. The maximum atomic E-state index is 13.1. The second-order valence-electron chi connectivity index (χ2n) is 9.54. The Bertz CT molecular complexity index is 1280. The SMILES string of the molecule is CCc1ccccc1[C@@H](CO)C(=O)N1C(=O)OC[C@H]1Cc1ccccc1.CCc1ccccc1[C@@H](CO)C(=O)O. The van der Waals surface area contributed by atoms with E-state index in [2.05, 4.69) is 0 Å². The summed E-state index contributed by atoms with van der Waals surface area (Å²) in [5, 5.41) is 27.8. The summed E-state index contributed by atoms with van der Waals surface area (Å²) in [7, 11) is 0. The van der Waals surface area contributed by atoms with Crippen molar-refractivity contribution >= 4 is 18.0 Å². The Balaban J connectivity index is 0.000000267. The molecule has 212 valence electrons. The van der Waals surface area contributed by atoms with E-state index >= 15 is 0 Å². The van der Waals surface area contributed by atoms with E-state index in [1.165, 1.54) is 4.90 Å². The summed E-state index contributed by atoms with van der Waals surface area (Å²) in [5.41, 5.74) is 4.48. The van der Waals surface area contributed by atoms with Crippen LogP contribution in [0.4, 0.5) is 4.79 Å². The lowest BCUT2D eigenvalue weighted by molar-refractivity contribution is -0.139. The highest BCUT2D eigenvalue weighted by Gasteiger charge is 2.41. The minimum Gasteiger partial charge on any atom is -0.481 e. The first-order valence-corrected chi connectivity index (χ1v) is 13.5. The molecule has 1 fully saturated rings. The van der Waals surface area contributed by atoms with Crippen LogP contribution < -0.4 is 0 Å². The highest BCUT2D eigenvalue weighted by molar-refractivity contribution is 5.97. The number of cyclic esters (lactones) is 1. The molecular formula is C32H37NO7. The standard InChI is InChI=1S/C21H23NO4.C11H14O3/c1-2-16-10-6-7-11-18(16)19(13-23)20(24)22-17(14-26-21(22)25)12-15-8-4-3-5-9-15;1-2-8-5-3-4-6-9(8)10(7-12)11(13)14/h3-11,17,19,23H,2,12-14H2,1H3;3-6,10,12H,2,7H2,1H3,(H,13,14)/t17-,19-;10-/m11/s1. The number of hydrogen-bond acceptors (Lipinski definition) is 6. The molecule has 0 bridgehead atoms. The van der Waals surface area contributed by atoms with Crippen molar-refractivity contribution in [3.05, 3.63) is 107 Å². The smallest absolute Gasteiger partial charge is 0.417 e. The van der Waals surface area contributed by atoms with Crippen molar-refractivity contribution < 1.29 is 34.4 Å². The largest absolute Gasteiger partial charge is 0.481 e. The van der Waals surface area contributed by atoms with Gasteiger partial charge in [-0.1, -0.05) is 92.7 Å². The quantitative estimate of drug-likeness (QED) is 0.345. The third-order valence-corrected chi connectivity index (χ3v) is 7.10. The summed E-state index contributed by atoms with van der Waals surface area (Å²) in [4.78, 5) is 37.4. The van der Waals surface area contributed by atoms with Gasteiger partial charge in [0.05, 0.1) is 25.2 Å². The molecule has 0 radical (unpaired) electrons. The molecular weight excluding hydrogens is 510 g/mol. The predicted octanol–water partition coefficient (Wildman–Crippen LogP) is 4.32. The maximum Gasteiger partial charge on any atom is 0.417 e. The molecule has 0 aromatic heterocycles. The van der Waals surface area contributed by atoms with Crippen molar-refractivity contribution in [2.24, 2.45) is 0 Å². The third-order valence-electron chi connectivity index (χ3n) is 7.10. The van der Waals surface area contributed by atoms with E-state index in [1.54, 1.807) is 12.1 Å². The van der Waals surface area contributed by atoms with E-state index in [4.69, 9.17) is 14.9 Å². The van der Waals surface area contributed by atoms with Crippen LogP contribution in [0.1, 0.15) is 53.5 Å². The van der Waals surface area contributed by atoms with Gasteiger partial charge in [0.1, 0.15) is 12.5 Å². The average Bonchev–Trinajstić information content (AvgIpc) is 3.34. The number of carboxylic acids is 1. The van der Waals surface area contributed by atoms with E-state index in [0.29, 0.717) is 12.0 Å². The number of ether oxygens (including phenoxy) is 1. The number of benzene rings is 3. The van der Waals surface area contributed by atoms with Crippen LogP contribution in [0.25, 0.3) is 0 Å². The second kappa shape index (κ2) is 15.0. The number of amides is 2. The van der Waals surface area contributed by atoms with Gasteiger partial charge in [0, 0.05) is 0 Å². The number of rotatable bonds is 10. The minimum absolute atomic E-state index is 0.174. The highest BCUT2D eigenvalue weighted by Crippen LogP contribution is 2.27. The minimum atomic E-state index is -0.978. The van der Waals surface area contributed by atoms with Crippen LogP contribution in [0.2, 0.25) is 0 Å². The first-order chi connectivity index (χ1) is 19.4. The molecule has 0 unspecified atom stereocenters. The number of aliphatic hydroxyl groups is 2. The summed E-state index contributed by atoms with van der Waals surface area (Å²) in [6, 6.07) is 24.2. The molecule has 8 heteroatoms. The topological polar surface area (TPSA) is 124 Å². The summed E-state index contributed by atoms with van der Waals surface area (Å²) in [6.07, 6.45) is 1.42. The number of aliphatic hydroxyl groups excluding tert-OH is 2. The second-order valence-corrected chi connectivity index (χ2v) is 9.54. The number of carbonyl (C=O) groups excluding carboxylic acids is 2. The third kappa shape index (κ3) is 7.34. The summed E-state index contributed by atoms with van der Waals surface area (Å²) < 4.78 is 5.14. The van der Waals surface area contributed by atoms with Crippen LogP contribution >= 0.6 is 0 Å². The molecule has 3 aromatic carbocycles. The Morgan fingerprint density at radius 2 is 1.32 bits per heavy atom. The maximum absolute atomic E-state index is 13.1. The van der Waals surface area contributed by atoms with Gasteiger partial charge in [0.25, 0.3) is 0 Å². The molecule has 2 amide bonds. The number of hydrogen-bond donors (Lipinski definition) is 3. The summed E-state index contributed by atoms with van der Waals surface area (Å²) in [6.45, 7) is 3.44. The molecule has 0 saturated carbocycles. The normalized spacial score (nSPS) is 15.9. The van der Waals surface area contributed by atoms with Gasteiger partial charge in [-0.25, -0.2) is 9.69 Å². The first-order valence-electron chi connectivity index (χ1n) is 13.5. The lowest BCUT2D eigenvalue weighted by atomic mass is 9.92. The van der Waals surface area contributed by atoms with Crippen molar-refractivity contribution in [2.75, 3.05) is 19.8 Å². The Labute approximate surface area is 234 Å². The van der Waals surface area contributed by atoms with Crippen LogP contribution in [-0.4, -0.2) is 64.1 Å². The molecule has 0 spiro atoms. The van der Waals surface area contributed by atoms with Gasteiger partial charge in [0.2, 0.25) is 5.91 Å². The van der Waals surface area contributed by atoms with E-state index in [-0.39, 0.29) is 25.9 Å². The molecule has 3 atom stereocenters. The van der Waals surface area contributed by atoms with Gasteiger partial charge in [0.15, 0.2) is 0 Å². The Kier molecular flexibility index (Phi) is 11.4. The number of aliphatic carboxylic acids is 1. The molecule has 1 heterocycles. The molecule has 1 aliphatic heterocycles. The van der Waals surface area contributed by atoms with Crippen molar-refractivity contribution in [3.8, 4) is 0 Å². The number of carbonyl (C=O) groups is 3. The molecule has 8 nitrogen and oxygen atoms in total. The molecule has 4 rings (SSSR count). The molecule has 1 aliphatic rings. The van der Waals surface area contributed by atoms with Crippen molar-refractivity contribution in [1.29, 1.82) is 0 Å². The Morgan fingerprint density at radius 1 is 0.825 bits per heavy atom. The van der Waals surface area contributed by atoms with E-state index in [0.717, 1.165) is 35.1 Å². The number of nitrogens with zero attached hydrogens (tertiary/aromatic N) is 1. The van der Waals surface area contributed by atoms with Gasteiger partial charge < -0.3 is 20.1 Å². The highest BCUT2D eigenvalue weighted by atomic mass is 16.6. The number of carboxylic acid groups (broad SMARTS) is 1. The summed E-state index contributed by atoms with van der Waals surface area (Å²) in [5.74, 6) is -2.95. The number of aryl methyl sites for hydroxylation is 2. The Morgan fingerprint density at radius 3 is 1.82 bits per heavy atom. The molecule has 3 N–H and O–H groups in total. The fraction of sp³-hybridized carbons (Fsp3) is 0.344. The van der Waals surface area contributed by atoms with E-state index in [1.807, 2.05) is 80.6 Å². The zero-order valence-corrected chi connectivity index (χ0v) is 22.9. The van der Waals surface area contributed by atoms with E-state index < -0.39 is 29.8 Å². The lowest BCUT2D eigenvalue weighted by Gasteiger charge is -2.25. The lowest BCUT2D eigenvalue weighted by Crippen LogP contribution is -2.43. The summed E-state index contributed by atoms with van der Waals surface area (Å²) >= 11 is 0. The fourth-order valence-electron chi connectivity index (χ4n) is 4.95. The van der Waals surface area contributed by atoms with Gasteiger partial charge >= 0.3 is 12.1 Å². The Hall–Kier alpha value is -4.01. The van der Waals surface area contributed by atoms with Gasteiger partial charge in [-0.05, 0) is 47.1 Å². The van der Waals surface area contributed by atoms with Gasteiger partial charge in [-0.15, -0.1) is 0 Å². The van der Waals surface area contributed by atoms with Crippen molar-refractivity contribution in [3.63, 3.8) is 0 Å². The van der Waals surface area contributed by atoms with Crippen LogP contribution in [0.15, 0.2) is 78.9 Å². The molecule has 40 heavy (non-hydrogen) atoms. The monoisotopic (exact) mass is 547 g/mol. The zero-order chi connectivity index (χ0) is 29.1. The fourth-order valence-corrected chi connectivity index (χ4v) is 4.95. The van der Waals surface area contributed by atoms with Crippen LogP contribution in [0, 0.1) is 0 Å². The number of imide groups is 1. The van der Waals surface area contributed by atoms with Crippen molar-refractivity contribution in [2.45, 2.75) is 51.0 Å². The molecule has 1 saturated heterocycles. The predicted molar refractivity (Wildman–Crippen MR) is 151 cm³/mol. The van der Waals surface area contributed by atoms with Crippen molar-refractivity contribution in [1.82, 2.24) is 4.90 Å². The first kappa shape index (κ1) is 30.5.